The number of hydrogen-bond donors (Lipinski definition) is 0. The minimum Gasteiger partial charge on any atom is -0.424 e. The highest BCUT2D eigenvalue weighted by Crippen LogP contribution is 2.45. The van der Waals surface area contributed by atoms with E-state index in [1.165, 1.54) is 0 Å². The fourth-order valence-corrected chi connectivity index (χ4v) is 5.00. The zero-order valence-corrected chi connectivity index (χ0v) is 19.2. The number of amides is 2. The van der Waals surface area contributed by atoms with E-state index in [0.29, 0.717) is 41.5 Å². The Bertz CT molecular complexity index is 1420. The molecule has 4 aromatic rings. The van der Waals surface area contributed by atoms with Crippen molar-refractivity contribution in [3.05, 3.63) is 107 Å². The van der Waals surface area contributed by atoms with Crippen LogP contribution in [0, 0.1) is 0 Å². The van der Waals surface area contributed by atoms with E-state index in [-0.39, 0.29) is 23.5 Å². The number of carbonyl (C=O) groups excluding carboxylic acids is 2. The molecule has 35 heavy (non-hydrogen) atoms. The highest BCUT2D eigenvalue weighted by atomic mass is 35.5. The summed E-state index contributed by atoms with van der Waals surface area (Å²) in [4.78, 5) is 39.2. The van der Waals surface area contributed by atoms with E-state index in [2.05, 4.69) is 9.97 Å². The summed E-state index contributed by atoms with van der Waals surface area (Å²) >= 11 is 6.16. The molecule has 0 aliphatic carbocycles. The van der Waals surface area contributed by atoms with Gasteiger partial charge in [0.05, 0.1) is 17.5 Å². The fourth-order valence-electron chi connectivity index (χ4n) is 4.88. The number of nitrogens with zero attached hydrogens (tertiary/aromatic N) is 4. The van der Waals surface area contributed by atoms with Crippen LogP contribution in [0.1, 0.15) is 32.2 Å². The van der Waals surface area contributed by atoms with Gasteiger partial charge in [-0.1, -0.05) is 23.7 Å². The van der Waals surface area contributed by atoms with Gasteiger partial charge < -0.3 is 19.0 Å². The average molecular weight is 487 g/mol. The number of pyridine rings is 2. The van der Waals surface area contributed by atoms with Crippen molar-refractivity contribution < 1.29 is 18.7 Å². The lowest BCUT2D eigenvalue weighted by atomic mass is 9.86. The van der Waals surface area contributed by atoms with E-state index in [9.17, 15) is 9.59 Å². The third-order valence-electron chi connectivity index (χ3n) is 6.42. The Morgan fingerprint density at radius 2 is 1.86 bits per heavy atom. The van der Waals surface area contributed by atoms with Gasteiger partial charge >= 0.3 is 0 Å². The molecule has 0 radical (unpaired) electrons. The molecule has 9 heteroatoms. The maximum atomic E-state index is 13.8. The molecule has 0 bridgehead atoms. The van der Waals surface area contributed by atoms with Crippen molar-refractivity contribution in [3.63, 3.8) is 0 Å². The molecule has 0 spiro atoms. The van der Waals surface area contributed by atoms with Crippen molar-refractivity contribution in [3.8, 4) is 11.7 Å². The van der Waals surface area contributed by atoms with Gasteiger partial charge in [0, 0.05) is 43.0 Å². The summed E-state index contributed by atoms with van der Waals surface area (Å²) in [5.74, 6) is 0.259. The molecule has 1 fully saturated rings. The van der Waals surface area contributed by atoms with Crippen LogP contribution in [0.3, 0.4) is 0 Å². The Morgan fingerprint density at radius 1 is 1.03 bits per heavy atom. The number of hydrogen-bond acceptors (Lipinski definition) is 6. The largest absolute Gasteiger partial charge is 0.424 e. The highest BCUT2D eigenvalue weighted by molar-refractivity contribution is 6.30. The predicted octanol–water partition coefficient (Wildman–Crippen LogP) is 4.52. The maximum Gasteiger partial charge on any atom is 0.291 e. The monoisotopic (exact) mass is 486 g/mol. The summed E-state index contributed by atoms with van der Waals surface area (Å²) in [6.07, 6.45) is 5.20. The van der Waals surface area contributed by atoms with Crippen molar-refractivity contribution in [2.45, 2.75) is 12.1 Å². The molecule has 3 aromatic heterocycles. The number of aromatic nitrogens is 2. The van der Waals surface area contributed by atoms with Gasteiger partial charge in [-0.2, -0.15) is 0 Å². The van der Waals surface area contributed by atoms with Crippen LogP contribution in [-0.4, -0.2) is 44.7 Å². The third kappa shape index (κ3) is 3.45. The van der Waals surface area contributed by atoms with Crippen LogP contribution in [0.5, 0.6) is 11.7 Å². The van der Waals surface area contributed by atoms with Gasteiger partial charge in [0.15, 0.2) is 5.76 Å². The summed E-state index contributed by atoms with van der Waals surface area (Å²) in [6.45, 7) is 0.710. The van der Waals surface area contributed by atoms with E-state index in [4.69, 9.17) is 20.8 Å². The molecule has 1 unspecified atom stereocenters. The summed E-state index contributed by atoms with van der Waals surface area (Å²) in [5.41, 5.74) is 0.910. The zero-order valence-electron chi connectivity index (χ0n) is 18.4. The first-order valence-corrected chi connectivity index (χ1v) is 11.5. The van der Waals surface area contributed by atoms with Crippen LogP contribution < -0.4 is 4.74 Å². The molecule has 2 aliphatic heterocycles. The summed E-state index contributed by atoms with van der Waals surface area (Å²) in [6, 6.07) is 17.4. The summed E-state index contributed by atoms with van der Waals surface area (Å²) in [7, 11) is 0. The summed E-state index contributed by atoms with van der Waals surface area (Å²) < 4.78 is 11.4. The Labute approximate surface area is 205 Å². The first-order chi connectivity index (χ1) is 17.1. The molecular weight excluding hydrogens is 468 g/mol. The van der Waals surface area contributed by atoms with Gasteiger partial charge in [0.25, 0.3) is 17.8 Å². The summed E-state index contributed by atoms with van der Waals surface area (Å²) in [5, 5.41) is 0.566. The molecule has 1 saturated heterocycles. The molecule has 2 amide bonds. The second kappa shape index (κ2) is 8.25. The Balaban J connectivity index is 1.40. The molecule has 2 aliphatic rings. The quantitative estimate of drug-likeness (QED) is 0.421. The Kier molecular flexibility index (Phi) is 5.04. The van der Waals surface area contributed by atoms with Crippen molar-refractivity contribution in [1.82, 2.24) is 19.8 Å². The van der Waals surface area contributed by atoms with Crippen molar-refractivity contribution in [2.24, 2.45) is 0 Å². The lowest BCUT2D eigenvalue weighted by molar-refractivity contribution is 0.00534. The van der Waals surface area contributed by atoms with E-state index in [0.717, 1.165) is 5.56 Å². The van der Waals surface area contributed by atoms with Gasteiger partial charge in [-0.05, 0) is 48.0 Å². The van der Waals surface area contributed by atoms with Crippen molar-refractivity contribution in [1.29, 1.82) is 0 Å². The van der Waals surface area contributed by atoms with Gasteiger partial charge in [-0.3, -0.25) is 19.6 Å². The third-order valence-corrected chi connectivity index (χ3v) is 6.67. The molecule has 1 atom stereocenters. The highest BCUT2D eigenvalue weighted by Gasteiger charge is 2.56. The standard InChI is InChI=1S/C26H19ClN4O4/c27-18-7-5-17(6-8-18)26-15-21-20(4-2-12-29-21)24(32)30(26)13-14-31(26)25(33)22-9-10-23(35-22)34-19-3-1-11-28-16-19/h1-12,16H,13-15H2. The van der Waals surface area contributed by atoms with E-state index in [1.807, 2.05) is 12.1 Å². The van der Waals surface area contributed by atoms with Crippen LogP contribution in [-0.2, 0) is 12.1 Å². The van der Waals surface area contributed by atoms with Gasteiger partial charge in [-0.25, -0.2) is 0 Å². The van der Waals surface area contributed by atoms with Crippen LogP contribution >= 0.6 is 11.6 Å². The molecule has 0 N–H and O–H groups in total. The molecule has 5 heterocycles. The average Bonchev–Trinajstić information content (AvgIpc) is 3.50. The molecular formula is C26H19ClN4O4. The lowest BCUT2D eigenvalue weighted by Gasteiger charge is -2.46. The van der Waals surface area contributed by atoms with Crippen LogP contribution in [0.2, 0.25) is 5.02 Å². The number of carbonyl (C=O) groups is 2. The fraction of sp³-hybridized carbons (Fsp3) is 0.154. The smallest absolute Gasteiger partial charge is 0.291 e. The predicted molar refractivity (Wildman–Crippen MR) is 126 cm³/mol. The molecule has 174 valence electrons. The number of halogens is 1. The molecule has 0 saturated carbocycles. The SMILES string of the molecule is O=C(c1ccc(Oc2cccnc2)o1)N1CCN2C(=O)c3cccnc3CC12c1ccc(Cl)cc1. The number of ether oxygens (including phenoxy) is 1. The molecule has 6 rings (SSSR count). The Hall–Kier alpha value is -4.17. The van der Waals surface area contributed by atoms with Gasteiger partial charge in [-0.15, -0.1) is 0 Å². The number of fused-ring (bicyclic) bond motifs is 2. The topological polar surface area (TPSA) is 88.8 Å². The van der Waals surface area contributed by atoms with Crippen LogP contribution in [0.4, 0.5) is 0 Å². The van der Waals surface area contributed by atoms with Gasteiger partial charge in [0.1, 0.15) is 11.4 Å². The van der Waals surface area contributed by atoms with E-state index < -0.39 is 5.66 Å². The number of furan rings is 1. The zero-order chi connectivity index (χ0) is 24.0. The maximum absolute atomic E-state index is 13.8. The van der Waals surface area contributed by atoms with E-state index in [1.54, 1.807) is 76.9 Å². The second-order valence-corrected chi connectivity index (χ2v) is 8.76. The minimum atomic E-state index is -1.06. The van der Waals surface area contributed by atoms with Crippen LogP contribution in [0.25, 0.3) is 0 Å². The second-order valence-electron chi connectivity index (χ2n) is 8.32. The van der Waals surface area contributed by atoms with Crippen molar-refractivity contribution in [2.75, 3.05) is 13.1 Å². The minimum absolute atomic E-state index is 0.110. The van der Waals surface area contributed by atoms with Crippen molar-refractivity contribution >= 4 is 23.4 Å². The number of benzene rings is 1. The van der Waals surface area contributed by atoms with Gasteiger partial charge in [0.2, 0.25) is 0 Å². The van der Waals surface area contributed by atoms with E-state index >= 15 is 0 Å². The molecule has 1 aromatic carbocycles. The first kappa shape index (κ1) is 21.4. The van der Waals surface area contributed by atoms with Crippen LogP contribution in [0.15, 0.2) is 83.7 Å². The lowest BCUT2D eigenvalue weighted by Crippen LogP contribution is -2.58. The first-order valence-electron chi connectivity index (χ1n) is 11.1. The molecule has 8 nitrogen and oxygen atoms in total. The number of rotatable bonds is 4. The Morgan fingerprint density at radius 3 is 2.66 bits per heavy atom. The normalized spacial score (nSPS) is 18.8.